The minimum Gasteiger partial charge on any atom is -0.307 e. The summed E-state index contributed by atoms with van der Waals surface area (Å²) < 4.78 is 27.2. The van der Waals surface area contributed by atoms with Crippen molar-refractivity contribution >= 4 is 21.6 Å². The Balaban J connectivity index is 1.46. The highest BCUT2D eigenvalue weighted by atomic mass is 32.2. The van der Waals surface area contributed by atoms with E-state index in [-0.39, 0.29) is 22.0 Å². The van der Waals surface area contributed by atoms with E-state index in [1.165, 1.54) is 5.56 Å². The van der Waals surface area contributed by atoms with Gasteiger partial charge in [-0.15, -0.1) is 0 Å². The molecule has 35 heavy (non-hydrogen) atoms. The van der Waals surface area contributed by atoms with Gasteiger partial charge in [-0.1, -0.05) is 75.4 Å². The van der Waals surface area contributed by atoms with E-state index in [0.29, 0.717) is 23.5 Å². The molecule has 0 spiro atoms. The third-order valence-electron chi connectivity index (χ3n) is 5.76. The second-order valence-electron chi connectivity index (χ2n) is 9.55. The topological polar surface area (TPSA) is 81.1 Å². The number of aromatic nitrogens is 2. The lowest BCUT2D eigenvalue weighted by atomic mass is 9.87. The Hall–Kier alpha value is -3.71. The molecule has 0 bridgehead atoms. The molecular formula is C28H29N3O3S. The van der Waals surface area contributed by atoms with Crippen LogP contribution in [-0.4, -0.2) is 24.1 Å². The molecule has 4 aromatic rings. The van der Waals surface area contributed by atoms with Gasteiger partial charge in [-0.3, -0.25) is 4.79 Å². The van der Waals surface area contributed by atoms with Crippen molar-refractivity contribution in [3.63, 3.8) is 0 Å². The summed E-state index contributed by atoms with van der Waals surface area (Å²) in [6, 6.07) is 25.1. The molecule has 0 radical (unpaired) electrons. The smallest absolute Gasteiger partial charge is 0.256 e. The van der Waals surface area contributed by atoms with Crippen LogP contribution < -0.4 is 5.32 Å². The molecule has 0 unspecified atom stereocenters. The highest BCUT2D eigenvalue weighted by Crippen LogP contribution is 2.23. The van der Waals surface area contributed by atoms with Gasteiger partial charge in [0.1, 0.15) is 5.82 Å². The largest absolute Gasteiger partial charge is 0.307 e. The molecule has 1 N–H and O–H groups in total. The number of carbonyl (C=O) groups is 1. The predicted molar refractivity (Wildman–Crippen MR) is 138 cm³/mol. The van der Waals surface area contributed by atoms with Crippen LogP contribution >= 0.6 is 0 Å². The molecular weight excluding hydrogens is 458 g/mol. The molecule has 0 aliphatic heterocycles. The van der Waals surface area contributed by atoms with E-state index in [1.807, 2.05) is 0 Å². The molecule has 0 aliphatic rings. The van der Waals surface area contributed by atoms with Gasteiger partial charge in [0.25, 0.3) is 5.91 Å². The second-order valence-corrected chi connectivity index (χ2v) is 11.5. The number of benzene rings is 3. The number of hydrogen-bond donors (Lipinski definition) is 1. The molecule has 1 amide bonds. The summed E-state index contributed by atoms with van der Waals surface area (Å²) in [5.74, 6) is 0.0617. The van der Waals surface area contributed by atoms with Crippen molar-refractivity contribution in [1.82, 2.24) is 9.78 Å². The standard InChI is InChI=1S/C28H29N3O3S/c1-28(2,3)24-14-12-21(13-15-24)19-31-26(16-17-29-31)30-27(32)23-9-7-8-22(18-23)20-35(33,34)25-10-5-4-6-11-25/h4-18H,19-20H2,1-3H3,(H,30,32). The van der Waals surface area contributed by atoms with E-state index in [4.69, 9.17) is 0 Å². The van der Waals surface area contributed by atoms with E-state index in [2.05, 4.69) is 55.5 Å². The summed E-state index contributed by atoms with van der Waals surface area (Å²) in [7, 11) is -3.51. The fraction of sp³-hybridized carbons (Fsp3) is 0.214. The van der Waals surface area contributed by atoms with Crippen molar-refractivity contribution in [1.29, 1.82) is 0 Å². The number of nitrogens with zero attached hydrogens (tertiary/aromatic N) is 2. The first-order valence-corrected chi connectivity index (χ1v) is 13.1. The first-order chi connectivity index (χ1) is 16.6. The number of nitrogens with one attached hydrogen (secondary N) is 1. The third-order valence-corrected chi connectivity index (χ3v) is 7.46. The summed E-state index contributed by atoms with van der Waals surface area (Å²) in [5, 5.41) is 7.25. The van der Waals surface area contributed by atoms with Crippen molar-refractivity contribution in [3.05, 3.63) is 113 Å². The van der Waals surface area contributed by atoms with Gasteiger partial charge in [0.15, 0.2) is 9.84 Å². The van der Waals surface area contributed by atoms with Crippen molar-refractivity contribution in [2.24, 2.45) is 0 Å². The highest BCUT2D eigenvalue weighted by Gasteiger charge is 2.17. The second kappa shape index (κ2) is 9.88. The maximum Gasteiger partial charge on any atom is 0.256 e. The average molecular weight is 488 g/mol. The first-order valence-electron chi connectivity index (χ1n) is 11.4. The summed E-state index contributed by atoms with van der Waals surface area (Å²) in [5.41, 5.74) is 3.34. The zero-order valence-corrected chi connectivity index (χ0v) is 20.9. The summed E-state index contributed by atoms with van der Waals surface area (Å²) in [6.45, 7) is 7.04. The molecule has 1 heterocycles. The molecule has 0 fully saturated rings. The summed E-state index contributed by atoms with van der Waals surface area (Å²) >= 11 is 0. The van der Waals surface area contributed by atoms with Crippen LogP contribution in [0.2, 0.25) is 0 Å². The zero-order valence-electron chi connectivity index (χ0n) is 20.1. The van der Waals surface area contributed by atoms with E-state index < -0.39 is 9.84 Å². The Morgan fingerprint density at radius 1 is 0.886 bits per heavy atom. The molecule has 0 saturated carbocycles. The summed E-state index contributed by atoms with van der Waals surface area (Å²) in [4.78, 5) is 13.2. The zero-order chi connectivity index (χ0) is 25.1. The Morgan fingerprint density at radius 2 is 1.60 bits per heavy atom. The monoisotopic (exact) mass is 487 g/mol. The van der Waals surface area contributed by atoms with Crippen LogP contribution in [0.25, 0.3) is 0 Å². The molecule has 0 aliphatic carbocycles. The number of hydrogen-bond acceptors (Lipinski definition) is 4. The number of rotatable bonds is 7. The lowest BCUT2D eigenvalue weighted by molar-refractivity contribution is 0.102. The van der Waals surface area contributed by atoms with E-state index >= 15 is 0 Å². The first kappa shape index (κ1) is 24.4. The third kappa shape index (κ3) is 6.05. The minimum absolute atomic E-state index is 0.0817. The number of carbonyl (C=O) groups excluding carboxylic acids is 1. The van der Waals surface area contributed by atoms with E-state index in [9.17, 15) is 13.2 Å². The summed E-state index contributed by atoms with van der Waals surface area (Å²) in [6.07, 6.45) is 1.64. The number of amides is 1. The molecule has 1 aromatic heterocycles. The molecule has 6 nitrogen and oxygen atoms in total. The fourth-order valence-corrected chi connectivity index (χ4v) is 5.13. The Bertz CT molecular complexity index is 1420. The maximum atomic E-state index is 13.0. The molecule has 0 saturated heterocycles. The van der Waals surface area contributed by atoms with Crippen LogP contribution in [0.5, 0.6) is 0 Å². The SMILES string of the molecule is CC(C)(C)c1ccc(Cn2nccc2NC(=O)c2cccc(CS(=O)(=O)c3ccccc3)c2)cc1. The van der Waals surface area contributed by atoms with Gasteiger partial charge >= 0.3 is 0 Å². The maximum absolute atomic E-state index is 13.0. The van der Waals surface area contributed by atoms with E-state index in [1.54, 1.807) is 71.5 Å². The fourth-order valence-electron chi connectivity index (χ4n) is 3.77. The lowest BCUT2D eigenvalue weighted by Crippen LogP contribution is -2.17. The van der Waals surface area contributed by atoms with Crippen molar-refractivity contribution in [3.8, 4) is 0 Å². The Kier molecular flexibility index (Phi) is 6.89. The van der Waals surface area contributed by atoms with Gasteiger partial charge < -0.3 is 5.32 Å². The lowest BCUT2D eigenvalue weighted by Gasteiger charge is -2.19. The van der Waals surface area contributed by atoms with Gasteiger partial charge in [-0.05, 0) is 46.4 Å². The van der Waals surface area contributed by atoms with Crippen LogP contribution in [0.15, 0.2) is 96.0 Å². The van der Waals surface area contributed by atoms with Crippen molar-refractivity contribution < 1.29 is 13.2 Å². The van der Waals surface area contributed by atoms with Crippen molar-refractivity contribution in [2.75, 3.05) is 5.32 Å². The van der Waals surface area contributed by atoms with Crippen LogP contribution in [0.1, 0.15) is 47.8 Å². The number of anilines is 1. The van der Waals surface area contributed by atoms with Crippen molar-refractivity contribution in [2.45, 2.75) is 43.4 Å². The molecule has 3 aromatic carbocycles. The molecule has 180 valence electrons. The highest BCUT2D eigenvalue weighted by molar-refractivity contribution is 7.90. The van der Waals surface area contributed by atoms with Crippen LogP contribution in [0, 0.1) is 0 Å². The van der Waals surface area contributed by atoms with Gasteiger partial charge in [0, 0.05) is 11.6 Å². The Morgan fingerprint density at radius 3 is 2.29 bits per heavy atom. The quantitative estimate of drug-likeness (QED) is 0.376. The average Bonchev–Trinajstić information content (AvgIpc) is 3.25. The molecule has 4 rings (SSSR count). The van der Waals surface area contributed by atoms with Gasteiger partial charge in [-0.2, -0.15) is 5.10 Å². The normalized spacial score (nSPS) is 11.9. The van der Waals surface area contributed by atoms with Crippen LogP contribution in [0.4, 0.5) is 5.82 Å². The predicted octanol–water partition coefficient (Wildman–Crippen LogP) is 5.46. The van der Waals surface area contributed by atoms with Crippen LogP contribution in [-0.2, 0) is 27.5 Å². The molecule has 7 heteroatoms. The van der Waals surface area contributed by atoms with Gasteiger partial charge in [0.05, 0.1) is 23.4 Å². The number of sulfone groups is 1. The van der Waals surface area contributed by atoms with E-state index in [0.717, 1.165) is 5.56 Å². The van der Waals surface area contributed by atoms with Gasteiger partial charge in [0.2, 0.25) is 0 Å². The Labute approximate surface area is 206 Å². The van der Waals surface area contributed by atoms with Crippen LogP contribution in [0.3, 0.4) is 0 Å². The minimum atomic E-state index is -3.51. The molecule has 0 atom stereocenters. The van der Waals surface area contributed by atoms with Gasteiger partial charge in [-0.25, -0.2) is 13.1 Å².